The van der Waals surface area contributed by atoms with E-state index in [2.05, 4.69) is 63.6 Å². The maximum atomic E-state index is 9.13. The van der Waals surface area contributed by atoms with E-state index in [1.807, 2.05) is 6.07 Å². The molecule has 3 rings (SSSR count). The SMILES string of the molecule is O/N=C1\CCC(Cc2ccc(Br)cc2)c2ccccc21. The van der Waals surface area contributed by atoms with E-state index in [0.717, 1.165) is 35.0 Å². The van der Waals surface area contributed by atoms with Crippen LogP contribution < -0.4 is 0 Å². The summed E-state index contributed by atoms with van der Waals surface area (Å²) in [5, 5.41) is 12.6. The van der Waals surface area contributed by atoms with E-state index in [1.54, 1.807) is 0 Å². The molecule has 0 aliphatic heterocycles. The van der Waals surface area contributed by atoms with Crippen LogP contribution in [0.1, 0.15) is 35.4 Å². The molecule has 0 amide bonds. The monoisotopic (exact) mass is 329 g/mol. The molecule has 0 spiro atoms. The maximum absolute atomic E-state index is 9.13. The Morgan fingerprint density at radius 3 is 2.60 bits per heavy atom. The number of benzene rings is 2. The molecule has 1 aliphatic rings. The van der Waals surface area contributed by atoms with E-state index in [1.165, 1.54) is 11.1 Å². The Morgan fingerprint density at radius 2 is 1.85 bits per heavy atom. The van der Waals surface area contributed by atoms with Crippen molar-refractivity contribution < 1.29 is 5.21 Å². The highest BCUT2D eigenvalue weighted by molar-refractivity contribution is 9.10. The fourth-order valence-electron chi connectivity index (χ4n) is 2.94. The predicted molar refractivity (Wildman–Crippen MR) is 84.6 cm³/mol. The summed E-state index contributed by atoms with van der Waals surface area (Å²) in [6.07, 6.45) is 2.91. The number of hydrogen-bond acceptors (Lipinski definition) is 2. The lowest BCUT2D eigenvalue weighted by atomic mass is 9.79. The third-order valence-electron chi connectivity index (χ3n) is 3.96. The molecule has 1 unspecified atom stereocenters. The van der Waals surface area contributed by atoms with Crippen molar-refractivity contribution >= 4 is 21.6 Å². The van der Waals surface area contributed by atoms with Gasteiger partial charge >= 0.3 is 0 Å². The zero-order chi connectivity index (χ0) is 13.9. The third-order valence-corrected chi connectivity index (χ3v) is 4.49. The van der Waals surface area contributed by atoms with Crippen LogP contribution in [-0.2, 0) is 6.42 Å². The second-order valence-electron chi connectivity index (χ2n) is 5.20. The van der Waals surface area contributed by atoms with Gasteiger partial charge < -0.3 is 5.21 Å². The molecule has 1 aliphatic carbocycles. The standard InChI is InChI=1S/C17H16BrNO/c18-14-8-5-12(6-9-14)11-13-7-10-17(19-20)16-4-2-1-3-15(13)16/h1-6,8-9,13,20H,7,10-11H2/b19-17+. The van der Waals surface area contributed by atoms with Gasteiger partial charge in [0.1, 0.15) is 0 Å². The van der Waals surface area contributed by atoms with E-state index >= 15 is 0 Å². The molecule has 1 N–H and O–H groups in total. The summed E-state index contributed by atoms with van der Waals surface area (Å²) >= 11 is 3.47. The smallest absolute Gasteiger partial charge is 0.0870 e. The molecular weight excluding hydrogens is 314 g/mol. The van der Waals surface area contributed by atoms with Gasteiger partial charge in [-0.2, -0.15) is 0 Å². The van der Waals surface area contributed by atoms with Crippen molar-refractivity contribution in [1.29, 1.82) is 0 Å². The zero-order valence-electron chi connectivity index (χ0n) is 11.1. The molecule has 2 nitrogen and oxygen atoms in total. The maximum Gasteiger partial charge on any atom is 0.0870 e. The van der Waals surface area contributed by atoms with Gasteiger partial charge in [0, 0.05) is 10.0 Å². The van der Waals surface area contributed by atoms with Crippen LogP contribution in [0.15, 0.2) is 58.2 Å². The van der Waals surface area contributed by atoms with Crippen LogP contribution in [0.25, 0.3) is 0 Å². The quantitative estimate of drug-likeness (QED) is 0.626. The number of hydrogen-bond donors (Lipinski definition) is 1. The Bertz CT molecular complexity index is 634. The minimum Gasteiger partial charge on any atom is -0.411 e. The fourth-order valence-corrected chi connectivity index (χ4v) is 3.20. The Morgan fingerprint density at radius 1 is 1.10 bits per heavy atom. The first-order valence-corrected chi connectivity index (χ1v) is 7.62. The van der Waals surface area contributed by atoms with Gasteiger partial charge in [-0.05, 0) is 48.4 Å². The molecule has 0 aromatic heterocycles. The Balaban J connectivity index is 1.90. The van der Waals surface area contributed by atoms with Gasteiger partial charge in [0.25, 0.3) is 0 Å². The van der Waals surface area contributed by atoms with Gasteiger partial charge in [0.05, 0.1) is 5.71 Å². The molecule has 0 fully saturated rings. The minimum absolute atomic E-state index is 0.498. The van der Waals surface area contributed by atoms with Gasteiger partial charge in [-0.3, -0.25) is 0 Å². The van der Waals surface area contributed by atoms with Crippen LogP contribution in [0.4, 0.5) is 0 Å². The topological polar surface area (TPSA) is 32.6 Å². The van der Waals surface area contributed by atoms with Crippen molar-refractivity contribution in [3.63, 3.8) is 0 Å². The van der Waals surface area contributed by atoms with Crippen LogP contribution in [0, 0.1) is 0 Å². The highest BCUT2D eigenvalue weighted by Gasteiger charge is 2.24. The van der Waals surface area contributed by atoms with E-state index in [0.29, 0.717) is 5.92 Å². The molecule has 0 bridgehead atoms. The number of oxime groups is 1. The van der Waals surface area contributed by atoms with Gasteiger partial charge in [0.15, 0.2) is 0 Å². The molecule has 102 valence electrons. The summed E-state index contributed by atoms with van der Waals surface area (Å²) in [5.74, 6) is 0.498. The number of nitrogens with zero attached hydrogens (tertiary/aromatic N) is 1. The lowest BCUT2D eigenvalue weighted by molar-refractivity contribution is 0.317. The van der Waals surface area contributed by atoms with Crippen molar-refractivity contribution in [1.82, 2.24) is 0 Å². The Labute approximate surface area is 127 Å². The van der Waals surface area contributed by atoms with Crippen molar-refractivity contribution in [2.45, 2.75) is 25.2 Å². The lowest BCUT2D eigenvalue weighted by Gasteiger charge is -2.26. The molecule has 0 heterocycles. The van der Waals surface area contributed by atoms with Gasteiger partial charge in [-0.25, -0.2) is 0 Å². The van der Waals surface area contributed by atoms with Crippen LogP contribution in [0.5, 0.6) is 0 Å². The first-order chi connectivity index (χ1) is 9.78. The summed E-state index contributed by atoms with van der Waals surface area (Å²) in [5.41, 5.74) is 4.56. The van der Waals surface area contributed by atoms with Crippen LogP contribution in [0.2, 0.25) is 0 Å². The average Bonchev–Trinajstić information content (AvgIpc) is 2.50. The molecular formula is C17H16BrNO. The normalized spacial score (nSPS) is 19.9. The highest BCUT2D eigenvalue weighted by atomic mass is 79.9. The molecule has 0 saturated carbocycles. The van der Waals surface area contributed by atoms with Gasteiger partial charge in [-0.15, -0.1) is 0 Å². The van der Waals surface area contributed by atoms with E-state index in [-0.39, 0.29) is 0 Å². The second kappa shape index (κ2) is 5.80. The molecule has 1 atom stereocenters. The number of fused-ring (bicyclic) bond motifs is 1. The van der Waals surface area contributed by atoms with Crippen molar-refractivity contribution in [2.75, 3.05) is 0 Å². The summed E-state index contributed by atoms with van der Waals surface area (Å²) in [4.78, 5) is 0. The van der Waals surface area contributed by atoms with Gasteiger partial charge in [-0.1, -0.05) is 57.5 Å². The first-order valence-electron chi connectivity index (χ1n) is 6.82. The van der Waals surface area contributed by atoms with Crippen molar-refractivity contribution in [3.8, 4) is 0 Å². The number of halogens is 1. The average molecular weight is 330 g/mol. The predicted octanol–water partition coefficient (Wildman–Crippen LogP) is 4.75. The number of rotatable bonds is 2. The molecule has 2 aromatic rings. The zero-order valence-corrected chi connectivity index (χ0v) is 12.7. The highest BCUT2D eigenvalue weighted by Crippen LogP contribution is 2.34. The van der Waals surface area contributed by atoms with Gasteiger partial charge in [0.2, 0.25) is 0 Å². The van der Waals surface area contributed by atoms with Crippen molar-refractivity contribution in [2.24, 2.45) is 5.16 Å². The van der Waals surface area contributed by atoms with E-state index in [4.69, 9.17) is 5.21 Å². The Kier molecular flexibility index (Phi) is 3.88. The summed E-state index contributed by atoms with van der Waals surface area (Å²) in [6, 6.07) is 16.8. The third kappa shape index (κ3) is 2.63. The lowest BCUT2D eigenvalue weighted by Crippen LogP contribution is -2.18. The van der Waals surface area contributed by atoms with Crippen LogP contribution in [0.3, 0.4) is 0 Å². The first kappa shape index (κ1) is 13.4. The molecule has 2 aromatic carbocycles. The summed E-state index contributed by atoms with van der Waals surface area (Å²) in [6.45, 7) is 0. The molecule has 3 heteroatoms. The van der Waals surface area contributed by atoms with E-state index in [9.17, 15) is 0 Å². The second-order valence-corrected chi connectivity index (χ2v) is 6.12. The van der Waals surface area contributed by atoms with Crippen molar-refractivity contribution in [3.05, 3.63) is 69.7 Å². The molecule has 0 saturated heterocycles. The van der Waals surface area contributed by atoms with Crippen LogP contribution in [-0.4, -0.2) is 10.9 Å². The minimum atomic E-state index is 0.498. The van der Waals surface area contributed by atoms with Crippen LogP contribution >= 0.6 is 15.9 Å². The molecule has 0 radical (unpaired) electrons. The fraction of sp³-hybridized carbons (Fsp3) is 0.235. The summed E-state index contributed by atoms with van der Waals surface area (Å²) in [7, 11) is 0. The summed E-state index contributed by atoms with van der Waals surface area (Å²) < 4.78 is 1.11. The van der Waals surface area contributed by atoms with E-state index < -0.39 is 0 Å². The molecule has 20 heavy (non-hydrogen) atoms. The largest absolute Gasteiger partial charge is 0.411 e. The Hall–Kier alpha value is -1.61.